The van der Waals surface area contributed by atoms with Gasteiger partial charge in [-0.15, -0.1) is 0 Å². The molecule has 166 valence electrons. The molecule has 7 heteroatoms. The van der Waals surface area contributed by atoms with Crippen LogP contribution in [0.4, 0.5) is 16.2 Å². The van der Waals surface area contributed by atoms with Crippen LogP contribution in [0.1, 0.15) is 51.5 Å². The lowest BCUT2D eigenvalue weighted by molar-refractivity contribution is -0.115. The van der Waals surface area contributed by atoms with E-state index in [1.54, 1.807) is 25.3 Å². The highest BCUT2D eigenvalue weighted by atomic mass is 16.5. The van der Waals surface area contributed by atoms with Gasteiger partial charge in [0.15, 0.2) is 0 Å². The number of piperidine rings is 1. The van der Waals surface area contributed by atoms with Crippen molar-refractivity contribution in [3.63, 3.8) is 0 Å². The third-order valence-corrected chi connectivity index (χ3v) is 5.38. The van der Waals surface area contributed by atoms with Crippen LogP contribution in [0.15, 0.2) is 42.6 Å². The number of amides is 3. The third-order valence-electron chi connectivity index (χ3n) is 5.38. The number of pyridine rings is 1. The first kappa shape index (κ1) is 22.6. The molecule has 1 fully saturated rings. The van der Waals surface area contributed by atoms with Crippen LogP contribution in [0.2, 0.25) is 0 Å². The second kappa shape index (κ2) is 11.3. The van der Waals surface area contributed by atoms with Crippen LogP contribution in [0.25, 0.3) is 0 Å². The van der Waals surface area contributed by atoms with Gasteiger partial charge in [0.1, 0.15) is 6.10 Å². The number of urea groups is 1. The summed E-state index contributed by atoms with van der Waals surface area (Å²) >= 11 is 0. The van der Waals surface area contributed by atoms with Gasteiger partial charge in [-0.3, -0.25) is 4.79 Å². The number of hydrogen-bond donors (Lipinski definition) is 2. The third kappa shape index (κ3) is 6.98. The van der Waals surface area contributed by atoms with Crippen LogP contribution >= 0.6 is 0 Å². The number of aryl methyl sites for hydroxylation is 1. The van der Waals surface area contributed by atoms with Gasteiger partial charge in [0.25, 0.3) is 0 Å². The van der Waals surface area contributed by atoms with Crippen molar-refractivity contribution >= 4 is 23.3 Å². The molecule has 0 spiro atoms. The normalized spacial score (nSPS) is 14.2. The summed E-state index contributed by atoms with van der Waals surface area (Å²) in [5.74, 6) is 0.481. The summed E-state index contributed by atoms with van der Waals surface area (Å²) in [6.45, 7) is 5.26. The Labute approximate surface area is 184 Å². The molecule has 1 aliphatic rings. The maximum Gasteiger partial charge on any atom is 0.321 e. The van der Waals surface area contributed by atoms with E-state index >= 15 is 0 Å². The Kier molecular flexibility index (Phi) is 8.27. The second-order valence-corrected chi connectivity index (χ2v) is 7.82. The van der Waals surface area contributed by atoms with Crippen LogP contribution < -0.4 is 15.4 Å². The number of aromatic nitrogens is 1. The van der Waals surface area contributed by atoms with Gasteiger partial charge in [0.05, 0.1) is 11.9 Å². The Morgan fingerprint density at radius 3 is 2.35 bits per heavy atom. The molecule has 0 unspecified atom stereocenters. The van der Waals surface area contributed by atoms with E-state index in [4.69, 9.17) is 4.74 Å². The number of nitrogens with one attached hydrogen (secondary N) is 2. The first-order chi connectivity index (χ1) is 15.1. The molecule has 2 N–H and O–H groups in total. The maximum atomic E-state index is 12.6. The van der Waals surface area contributed by atoms with Gasteiger partial charge in [-0.1, -0.05) is 32.4 Å². The lowest BCUT2D eigenvalue weighted by Gasteiger charge is -2.32. The first-order valence-corrected chi connectivity index (χ1v) is 11.1. The van der Waals surface area contributed by atoms with Crippen LogP contribution in [0, 0.1) is 0 Å². The molecular weight excluding hydrogens is 392 g/mol. The number of hydrogen-bond acceptors (Lipinski definition) is 4. The smallest absolute Gasteiger partial charge is 0.321 e. The SMILES string of the molecule is CCCCc1ccc(NC(=O)N2CCC(Oc3ccc(NC(=O)CC)cn3)CC2)cc1. The molecular formula is C24H32N4O3. The number of unbranched alkanes of at least 4 members (excludes halogenated alkanes) is 1. The lowest BCUT2D eigenvalue weighted by Crippen LogP contribution is -2.43. The van der Waals surface area contributed by atoms with Crippen molar-refractivity contribution in [2.24, 2.45) is 0 Å². The van der Waals surface area contributed by atoms with Crippen molar-refractivity contribution in [2.75, 3.05) is 23.7 Å². The number of benzene rings is 1. The molecule has 0 bridgehead atoms. The summed E-state index contributed by atoms with van der Waals surface area (Å²) in [6, 6.07) is 11.6. The quantitative estimate of drug-likeness (QED) is 0.635. The first-order valence-electron chi connectivity index (χ1n) is 11.1. The summed E-state index contributed by atoms with van der Waals surface area (Å²) in [5, 5.41) is 5.75. The van der Waals surface area contributed by atoms with Gasteiger partial charge in [0, 0.05) is 44.1 Å². The van der Waals surface area contributed by atoms with Gasteiger partial charge in [-0.2, -0.15) is 0 Å². The highest BCUT2D eigenvalue weighted by molar-refractivity contribution is 5.90. The second-order valence-electron chi connectivity index (χ2n) is 7.82. The van der Waals surface area contributed by atoms with E-state index in [1.165, 1.54) is 18.4 Å². The summed E-state index contributed by atoms with van der Waals surface area (Å²) in [6.07, 6.45) is 6.97. The van der Waals surface area contributed by atoms with E-state index in [2.05, 4.69) is 34.7 Å². The van der Waals surface area contributed by atoms with Crippen molar-refractivity contribution in [3.8, 4) is 5.88 Å². The molecule has 1 aliphatic heterocycles. The molecule has 1 saturated heterocycles. The summed E-state index contributed by atoms with van der Waals surface area (Å²) in [5.41, 5.74) is 2.78. The fourth-order valence-corrected chi connectivity index (χ4v) is 3.46. The molecule has 31 heavy (non-hydrogen) atoms. The summed E-state index contributed by atoms with van der Waals surface area (Å²) in [4.78, 5) is 30.1. The standard InChI is InChI=1S/C24H32N4O3/c1-3-5-6-18-7-9-19(10-8-18)27-24(30)28-15-13-21(14-16-28)31-23-12-11-20(17-25-23)26-22(29)4-2/h7-12,17,21H,3-6,13-16H2,1-2H3,(H,26,29)(H,27,30). The van der Waals surface area contributed by atoms with E-state index in [0.717, 1.165) is 24.9 Å². The molecule has 3 rings (SSSR count). The molecule has 0 radical (unpaired) electrons. The van der Waals surface area contributed by atoms with Crippen molar-refractivity contribution in [2.45, 2.75) is 58.5 Å². The van der Waals surface area contributed by atoms with Gasteiger partial charge >= 0.3 is 6.03 Å². The molecule has 1 aromatic carbocycles. The van der Waals surface area contributed by atoms with E-state index in [0.29, 0.717) is 31.1 Å². The minimum Gasteiger partial charge on any atom is -0.474 e. The number of anilines is 2. The fraction of sp³-hybridized carbons (Fsp3) is 0.458. The minimum absolute atomic E-state index is 0.0190. The van der Waals surface area contributed by atoms with Gasteiger partial charge in [-0.05, 0) is 36.6 Å². The van der Waals surface area contributed by atoms with E-state index in [9.17, 15) is 9.59 Å². The van der Waals surface area contributed by atoms with E-state index in [-0.39, 0.29) is 18.0 Å². The average Bonchev–Trinajstić information content (AvgIpc) is 2.80. The number of ether oxygens (including phenoxy) is 1. The number of nitrogens with zero attached hydrogens (tertiary/aromatic N) is 2. The lowest BCUT2D eigenvalue weighted by atomic mass is 10.1. The highest BCUT2D eigenvalue weighted by Crippen LogP contribution is 2.20. The van der Waals surface area contributed by atoms with Gasteiger partial charge in [0.2, 0.25) is 11.8 Å². The van der Waals surface area contributed by atoms with E-state index in [1.807, 2.05) is 17.0 Å². The number of likely N-dealkylation sites (tertiary alicyclic amines) is 1. The zero-order valence-corrected chi connectivity index (χ0v) is 18.4. The number of carbonyl (C=O) groups is 2. The van der Waals surface area contributed by atoms with Crippen molar-refractivity contribution in [1.82, 2.24) is 9.88 Å². The Hall–Kier alpha value is -3.09. The summed E-state index contributed by atoms with van der Waals surface area (Å²) in [7, 11) is 0. The topological polar surface area (TPSA) is 83.6 Å². The number of carbonyl (C=O) groups excluding carboxylic acids is 2. The Bertz CT molecular complexity index is 844. The minimum atomic E-state index is -0.0751. The Balaban J connectivity index is 1.42. The Morgan fingerprint density at radius 1 is 1.03 bits per heavy atom. The molecule has 0 saturated carbocycles. The molecule has 2 aromatic rings. The highest BCUT2D eigenvalue weighted by Gasteiger charge is 2.24. The molecule has 2 heterocycles. The zero-order valence-electron chi connectivity index (χ0n) is 18.4. The zero-order chi connectivity index (χ0) is 22.1. The molecule has 3 amide bonds. The maximum absolute atomic E-state index is 12.6. The van der Waals surface area contributed by atoms with Gasteiger partial charge < -0.3 is 20.3 Å². The molecule has 0 aliphatic carbocycles. The van der Waals surface area contributed by atoms with Crippen molar-refractivity contribution in [1.29, 1.82) is 0 Å². The Morgan fingerprint density at radius 2 is 1.74 bits per heavy atom. The number of rotatable bonds is 8. The fourth-order valence-electron chi connectivity index (χ4n) is 3.46. The summed E-state index contributed by atoms with van der Waals surface area (Å²) < 4.78 is 5.95. The van der Waals surface area contributed by atoms with Crippen LogP contribution in [-0.4, -0.2) is 41.0 Å². The molecule has 1 aromatic heterocycles. The van der Waals surface area contributed by atoms with Crippen LogP contribution in [0.3, 0.4) is 0 Å². The van der Waals surface area contributed by atoms with Crippen LogP contribution in [0.5, 0.6) is 5.88 Å². The monoisotopic (exact) mass is 424 g/mol. The predicted octanol–water partition coefficient (Wildman–Crippen LogP) is 4.85. The predicted molar refractivity (Wildman–Crippen MR) is 122 cm³/mol. The largest absolute Gasteiger partial charge is 0.474 e. The van der Waals surface area contributed by atoms with Gasteiger partial charge in [-0.25, -0.2) is 9.78 Å². The van der Waals surface area contributed by atoms with Crippen molar-refractivity contribution in [3.05, 3.63) is 48.2 Å². The molecule has 7 nitrogen and oxygen atoms in total. The molecule has 0 atom stereocenters. The van der Waals surface area contributed by atoms with Crippen molar-refractivity contribution < 1.29 is 14.3 Å². The van der Waals surface area contributed by atoms with Crippen LogP contribution in [-0.2, 0) is 11.2 Å². The average molecular weight is 425 g/mol. The van der Waals surface area contributed by atoms with E-state index < -0.39 is 0 Å².